The van der Waals surface area contributed by atoms with E-state index >= 15 is 0 Å². The second kappa shape index (κ2) is 12.1. The Hall–Kier alpha value is -4.63. The standard InChI is InChI=1S/C32H26Cl2N8/c33-26-10-5-4-9-24(26)32(29-19-42(41-40-29)23-12-13-23)38-22-15-25-30(21(17-36)18-37-31(25)27(34)16-22)39-28(11-6-14-35)20-7-2-1-3-8-20/h1-5,7-10,15-16,18-19,23,28,32,38H,6,11-13H2,(H,37,39)/t28-,32-/m1/s1/i32D. The first-order valence-electron chi connectivity index (χ1n) is 14.1. The van der Waals surface area contributed by atoms with E-state index in [0.29, 0.717) is 62.0 Å². The maximum Gasteiger partial charge on any atom is 0.110 e. The van der Waals surface area contributed by atoms with Crippen molar-refractivity contribution in [1.29, 1.82) is 10.5 Å². The number of benzene rings is 3. The largest absolute Gasteiger partial charge is 0.377 e. The summed E-state index contributed by atoms with van der Waals surface area (Å²) in [6, 6.07) is 23.3. The Bertz CT molecular complexity index is 1880. The van der Waals surface area contributed by atoms with Crippen LogP contribution in [0.1, 0.15) is 67.5 Å². The molecule has 0 spiro atoms. The summed E-state index contributed by atoms with van der Waals surface area (Å²) in [6.45, 7) is 0. The molecule has 1 aliphatic carbocycles. The van der Waals surface area contributed by atoms with Crippen molar-refractivity contribution in [1.82, 2.24) is 20.0 Å². The third kappa shape index (κ3) is 5.73. The van der Waals surface area contributed by atoms with Crippen LogP contribution < -0.4 is 10.6 Å². The van der Waals surface area contributed by atoms with Crippen LogP contribution in [0.5, 0.6) is 0 Å². The number of nitrogens with zero attached hydrogens (tertiary/aromatic N) is 6. The number of rotatable bonds is 10. The topological polar surface area (TPSA) is 115 Å². The summed E-state index contributed by atoms with van der Waals surface area (Å²) < 4.78 is 11.5. The van der Waals surface area contributed by atoms with E-state index in [1.54, 1.807) is 29.1 Å². The highest BCUT2D eigenvalue weighted by atomic mass is 35.5. The number of hydrogen-bond donors (Lipinski definition) is 2. The number of nitriles is 2. The SMILES string of the molecule is [2H][C@](Nc1cc(Cl)c2ncc(C#N)c(N[C@H](CCC#N)c3ccccc3)c2c1)(c1cn(C2CC2)nn1)c1ccccc1Cl. The average Bonchev–Trinajstić information content (AvgIpc) is 3.75. The van der Waals surface area contributed by atoms with Gasteiger partial charge in [-0.2, -0.15) is 10.5 Å². The first kappa shape index (κ1) is 26.3. The molecule has 42 heavy (non-hydrogen) atoms. The Morgan fingerprint density at radius 2 is 1.81 bits per heavy atom. The maximum atomic E-state index is 10.0. The zero-order valence-electron chi connectivity index (χ0n) is 23.4. The van der Waals surface area contributed by atoms with Gasteiger partial charge in [0.25, 0.3) is 0 Å². The van der Waals surface area contributed by atoms with Gasteiger partial charge >= 0.3 is 0 Å². The van der Waals surface area contributed by atoms with Crippen molar-refractivity contribution < 1.29 is 1.37 Å². The lowest BCUT2D eigenvalue weighted by Crippen LogP contribution is -2.14. The normalized spacial score (nSPS) is 15.2. The third-order valence-corrected chi connectivity index (χ3v) is 7.83. The summed E-state index contributed by atoms with van der Waals surface area (Å²) in [6.07, 6.45) is 6.17. The monoisotopic (exact) mass is 593 g/mol. The van der Waals surface area contributed by atoms with Crippen LogP contribution in [0.3, 0.4) is 0 Å². The van der Waals surface area contributed by atoms with Crippen molar-refractivity contribution in [2.75, 3.05) is 10.6 Å². The first-order chi connectivity index (χ1) is 20.9. The summed E-state index contributed by atoms with van der Waals surface area (Å²) in [5, 5.41) is 36.2. The molecule has 2 N–H and O–H groups in total. The molecule has 0 amide bonds. The minimum atomic E-state index is -1.62. The minimum absolute atomic E-state index is 0.246. The molecule has 0 bridgehead atoms. The van der Waals surface area contributed by atoms with E-state index in [-0.39, 0.29) is 12.1 Å². The second-order valence-corrected chi connectivity index (χ2v) is 10.9. The smallest absolute Gasteiger partial charge is 0.110 e. The summed E-state index contributed by atoms with van der Waals surface area (Å²) in [7, 11) is 0. The van der Waals surface area contributed by atoms with E-state index in [4.69, 9.17) is 23.2 Å². The fraction of sp³-hybridized carbons (Fsp3) is 0.219. The van der Waals surface area contributed by atoms with Gasteiger partial charge in [0.05, 0.1) is 53.5 Å². The summed E-state index contributed by atoms with van der Waals surface area (Å²) in [5.74, 6) is 0. The van der Waals surface area contributed by atoms with Gasteiger partial charge in [0.15, 0.2) is 0 Å². The van der Waals surface area contributed by atoms with Gasteiger partial charge in [-0.05, 0) is 48.6 Å². The molecule has 0 radical (unpaired) electrons. The lowest BCUT2D eigenvalue weighted by Gasteiger charge is -2.23. The van der Waals surface area contributed by atoms with Gasteiger partial charge in [0.1, 0.15) is 11.8 Å². The molecule has 1 fully saturated rings. The van der Waals surface area contributed by atoms with Crippen molar-refractivity contribution in [2.24, 2.45) is 0 Å². The molecule has 2 atom stereocenters. The highest BCUT2D eigenvalue weighted by Crippen LogP contribution is 2.39. The third-order valence-electron chi connectivity index (χ3n) is 7.21. The van der Waals surface area contributed by atoms with Crippen molar-refractivity contribution in [3.63, 3.8) is 0 Å². The Balaban J connectivity index is 1.47. The number of hydrogen-bond acceptors (Lipinski definition) is 7. The fourth-order valence-corrected chi connectivity index (χ4v) is 5.45. The highest BCUT2D eigenvalue weighted by Gasteiger charge is 2.28. The Morgan fingerprint density at radius 1 is 1.02 bits per heavy atom. The quantitative estimate of drug-likeness (QED) is 0.168. The van der Waals surface area contributed by atoms with Crippen LogP contribution in [0.15, 0.2) is 79.1 Å². The van der Waals surface area contributed by atoms with E-state index in [1.165, 1.54) is 6.20 Å². The number of aromatic nitrogens is 4. The molecule has 2 aromatic heterocycles. The van der Waals surface area contributed by atoms with Crippen LogP contribution in [-0.2, 0) is 0 Å². The zero-order valence-corrected chi connectivity index (χ0v) is 23.9. The molecule has 10 heteroatoms. The van der Waals surface area contributed by atoms with Gasteiger partial charge in [-0.25, -0.2) is 4.68 Å². The van der Waals surface area contributed by atoms with Crippen LogP contribution in [-0.4, -0.2) is 20.0 Å². The summed E-state index contributed by atoms with van der Waals surface area (Å²) in [5.41, 5.74) is 3.72. The lowest BCUT2D eigenvalue weighted by atomic mass is 10.00. The van der Waals surface area contributed by atoms with Gasteiger partial charge in [0, 0.05) is 28.7 Å². The fourth-order valence-electron chi connectivity index (χ4n) is 4.95. The Morgan fingerprint density at radius 3 is 2.55 bits per heavy atom. The van der Waals surface area contributed by atoms with Crippen molar-refractivity contribution in [3.05, 3.63) is 112 Å². The van der Waals surface area contributed by atoms with Gasteiger partial charge in [-0.3, -0.25) is 4.98 Å². The molecule has 208 valence electrons. The molecule has 0 aliphatic heterocycles. The van der Waals surface area contributed by atoms with Gasteiger partial charge in [0.2, 0.25) is 0 Å². The van der Waals surface area contributed by atoms with Crippen molar-refractivity contribution in [2.45, 2.75) is 43.8 Å². The Labute approximate surface area is 254 Å². The number of nitrogens with one attached hydrogen (secondary N) is 2. The molecular weight excluding hydrogens is 567 g/mol. The van der Waals surface area contributed by atoms with Crippen LogP contribution in [0.2, 0.25) is 10.0 Å². The van der Waals surface area contributed by atoms with Gasteiger partial charge in [-0.15, -0.1) is 5.10 Å². The minimum Gasteiger partial charge on any atom is -0.377 e. The molecule has 3 aromatic carbocycles. The highest BCUT2D eigenvalue weighted by molar-refractivity contribution is 6.36. The number of fused-ring (bicyclic) bond motifs is 1. The lowest BCUT2D eigenvalue weighted by molar-refractivity contribution is 0.610. The molecule has 0 saturated heterocycles. The molecule has 0 unspecified atom stereocenters. The van der Waals surface area contributed by atoms with E-state index in [9.17, 15) is 11.9 Å². The number of anilines is 2. The predicted molar refractivity (Wildman–Crippen MR) is 164 cm³/mol. The van der Waals surface area contributed by atoms with Crippen LogP contribution in [0.25, 0.3) is 10.9 Å². The first-order valence-corrected chi connectivity index (χ1v) is 14.3. The summed E-state index contributed by atoms with van der Waals surface area (Å²) >= 11 is 13.4. The molecule has 1 aliphatic rings. The molecule has 6 rings (SSSR count). The van der Waals surface area contributed by atoms with Gasteiger partial charge < -0.3 is 10.6 Å². The second-order valence-electron chi connectivity index (χ2n) is 10.1. The summed E-state index contributed by atoms with van der Waals surface area (Å²) in [4.78, 5) is 4.48. The van der Waals surface area contributed by atoms with E-state index < -0.39 is 6.02 Å². The molecule has 2 heterocycles. The zero-order chi connectivity index (χ0) is 30.0. The van der Waals surface area contributed by atoms with Crippen molar-refractivity contribution >= 4 is 45.5 Å². The molecule has 5 aromatic rings. The maximum absolute atomic E-state index is 10.0. The number of halogens is 2. The van der Waals surface area contributed by atoms with E-state index in [0.717, 1.165) is 18.4 Å². The van der Waals surface area contributed by atoms with E-state index in [2.05, 4.69) is 38.1 Å². The molecule has 1 saturated carbocycles. The van der Waals surface area contributed by atoms with Crippen LogP contribution in [0.4, 0.5) is 11.4 Å². The van der Waals surface area contributed by atoms with Crippen LogP contribution in [0, 0.1) is 22.7 Å². The molecular formula is C32H26Cl2N8. The van der Waals surface area contributed by atoms with E-state index in [1.807, 2.05) is 48.5 Å². The van der Waals surface area contributed by atoms with Gasteiger partial charge in [-0.1, -0.05) is 76.9 Å². The average molecular weight is 595 g/mol. The predicted octanol–water partition coefficient (Wildman–Crippen LogP) is 8.00. The van der Waals surface area contributed by atoms with Crippen LogP contribution >= 0.6 is 23.2 Å². The Kier molecular flexibility index (Phi) is 7.56. The number of pyridine rings is 1. The van der Waals surface area contributed by atoms with Crippen molar-refractivity contribution in [3.8, 4) is 12.1 Å². The molecule has 8 nitrogen and oxygen atoms in total.